The Balaban J connectivity index is 0.000000296. The molecule has 2 N–H and O–H groups in total. The normalized spacial score (nSPS) is 27.9. The first-order chi connectivity index (χ1) is 21.0. The van der Waals surface area contributed by atoms with Crippen LogP contribution < -0.4 is 10.6 Å². The van der Waals surface area contributed by atoms with Gasteiger partial charge in [0.25, 0.3) is 0 Å². The SMILES string of the molecule is CCN1CC(F)CC1(C)CC.CCc1nc2c(c(N3CC4(CCC4C)C3)n1)CCC(c1c([C@@H](C)CC)ccc(N)c1C#N)C2. The predicted octanol–water partition coefficient (Wildman–Crippen LogP) is 7.73. The van der Waals surface area contributed by atoms with Crippen molar-refractivity contribution >= 4 is 11.5 Å². The number of halogens is 1. The van der Waals surface area contributed by atoms with Crippen molar-refractivity contribution in [2.75, 3.05) is 36.8 Å². The van der Waals surface area contributed by atoms with Crippen molar-refractivity contribution in [3.63, 3.8) is 0 Å². The zero-order chi connectivity index (χ0) is 31.8. The number of nitrogen functional groups attached to an aromatic ring is 1. The van der Waals surface area contributed by atoms with Crippen LogP contribution in [-0.2, 0) is 19.3 Å². The van der Waals surface area contributed by atoms with Crippen molar-refractivity contribution < 1.29 is 4.39 Å². The number of nitriles is 1. The van der Waals surface area contributed by atoms with Crippen molar-refractivity contribution in [1.82, 2.24) is 14.9 Å². The van der Waals surface area contributed by atoms with Gasteiger partial charge in [-0.2, -0.15) is 5.26 Å². The van der Waals surface area contributed by atoms with Gasteiger partial charge in [-0.15, -0.1) is 0 Å². The number of benzene rings is 1. The van der Waals surface area contributed by atoms with E-state index >= 15 is 0 Å². The minimum absolute atomic E-state index is 0.133. The number of nitrogens with two attached hydrogens (primary N) is 1. The minimum atomic E-state index is -0.597. The third-order valence-corrected chi connectivity index (χ3v) is 12.0. The highest BCUT2D eigenvalue weighted by Gasteiger charge is 2.53. The number of rotatable bonds is 7. The third-order valence-electron chi connectivity index (χ3n) is 12.0. The second kappa shape index (κ2) is 12.9. The van der Waals surface area contributed by atoms with Gasteiger partial charge in [0.05, 0.1) is 11.3 Å². The molecule has 4 aliphatic rings. The molecule has 7 heteroatoms. The van der Waals surface area contributed by atoms with E-state index in [2.05, 4.69) is 70.4 Å². The maximum absolute atomic E-state index is 13.0. The summed E-state index contributed by atoms with van der Waals surface area (Å²) in [5.74, 6) is 3.66. The lowest BCUT2D eigenvalue weighted by molar-refractivity contribution is 0.0112. The van der Waals surface area contributed by atoms with Gasteiger partial charge < -0.3 is 10.6 Å². The second-order valence-corrected chi connectivity index (χ2v) is 14.5. The largest absolute Gasteiger partial charge is 0.398 e. The minimum Gasteiger partial charge on any atom is -0.398 e. The quantitative estimate of drug-likeness (QED) is 0.327. The Morgan fingerprint density at radius 1 is 1.16 bits per heavy atom. The molecule has 3 fully saturated rings. The monoisotopic (exact) mass is 602 g/mol. The molecule has 4 unspecified atom stereocenters. The van der Waals surface area contributed by atoms with Crippen LogP contribution in [0.25, 0.3) is 0 Å². The van der Waals surface area contributed by atoms with Gasteiger partial charge in [-0.25, -0.2) is 14.4 Å². The number of aromatic nitrogens is 2. The second-order valence-electron chi connectivity index (χ2n) is 14.5. The fourth-order valence-corrected chi connectivity index (χ4v) is 8.36. The van der Waals surface area contributed by atoms with Gasteiger partial charge in [-0.1, -0.05) is 47.6 Å². The topological polar surface area (TPSA) is 82.1 Å². The van der Waals surface area contributed by atoms with Crippen molar-refractivity contribution in [2.24, 2.45) is 11.3 Å². The maximum Gasteiger partial charge on any atom is 0.135 e. The number of hydrogen-bond acceptors (Lipinski definition) is 6. The van der Waals surface area contributed by atoms with Crippen molar-refractivity contribution in [3.8, 4) is 6.07 Å². The van der Waals surface area contributed by atoms with E-state index < -0.39 is 6.17 Å². The van der Waals surface area contributed by atoms with Crippen LogP contribution in [-0.4, -0.2) is 52.8 Å². The van der Waals surface area contributed by atoms with Gasteiger partial charge in [-0.05, 0) is 99.8 Å². The molecule has 2 aliphatic carbocycles. The Morgan fingerprint density at radius 3 is 2.45 bits per heavy atom. The Kier molecular flexibility index (Phi) is 9.61. The highest BCUT2D eigenvalue weighted by molar-refractivity contribution is 5.63. The lowest BCUT2D eigenvalue weighted by Crippen LogP contribution is -2.64. The third kappa shape index (κ3) is 5.84. The molecule has 1 spiro atoms. The molecule has 240 valence electrons. The standard InChI is InChI=1S/C28H37N5.C9H18FN/c1-5-17(3)20-9-10-23(30)22(14-29)26(20)19-7-8-21-24(13-19)31-25(6-2)32-27(21)33-15-28(16-33)12-11-18(28)4;1-4-9(3)6-8(10)7-11(9)5-2/h9-10,17-19H,5-8,11-13,15-16,30H2,1-4H3;8H,4-7H2,1-3H3/t17-,18?,19?;/m0./s1. The average molecular weight is 603 g/mol. The molecule has 1 saturated carbocycles. The summed E-state index contributed by atoms with van der Waals surface area (Å²) in [5, 5.41) is 9.98. The lowest BCUT2D eigenvalue weighted by Gasteiger charge is -2.60. The number of likely N-dealkylation sites (tertiary alicyclic amines) is 1. The highest BCUT2D eigenvalue weighted by Crippen LogP contribution is 2.54. The van der Waals surface area contributed by atoms with E-state index in [1.165, 1.54) is 41.0 Å². The van der Waals surface area contributed by atoms with Gasteiger partial charge in [0.1, 0.15) is 23.9 Å². The Hall–Kier alpha value is -2.72. The van der Waals surface area contributed by atoms with Gasteiger partial charge in [-0.3, -0.25) is 4.90 Å². The number of alkyl halides is 1. The van der Waals surface area contributed by atoms with E-state index in [4.69, 9.17) is 15.7 Å². The van der Waals surface area contributed by atoms with Gasteiger partial charge >= 0.3 is 0 Å². The van der Waals surface area contributed by atoms with Crippen LogP contribution in [0.1, 0.15) is 133 Å². The Bertz CT molecular complexity index is 1380. The lowest BCUT2D eigenvalue weighted by atomic mass is 9.56. The summed E-state index contributed by atoms with van der Waals surface area (Å²) in [5.41, 5.74) is 13.2. The summed E-state index contributed by atoms with van der Waals surface area (Å²) in [7, 11) is 0. The maximum atomic E-state index is 13.0. The molecule has 2 aliphatic heterocycles. The van der Waals surface area contributed by atoms with Crippen LogP contribution in [0.3, 0.4) is 0 Å². The van der Waals surface area contributed by atoms with Crippen LogP contribution in [0.15, 0.2) is 12.1 Å². The van der Waals surface area contributed by atoms with E-state index in [9.17, 15) is 9.65 Å². The van der Waals surface area contributed by atoms with Crippen LogP contribution in [0.2, 0.25) is 0 Å². The highest BCUT2D eigenvalue weighted by atomic mass is 19.1. The van der Waals surface area contributed by atoms with Crippen LogP contribution >= 0.6 is 0 Å². The Morgan fingerprint density at radius 2 is 1.91 bits per heavy atom. The van der Waals surface area contributed by atoms with Crippen molar-refractivity contribution in [3.05, 3.63) is 45.9 Å². The number of aryl methyl sites for hydroxylation is 1. The molecule has 5 atom stereocenters. The van der Waals surface area contributed by atoms with Crippen LogP contribution in [0, 0.1) is 22.7 Å². The first kappa shape index (κ1) is 32.7. The van der Waals surface area contributed by atoms with E-state index in [0.717, 1.165) is 76.3 Å². The van der Waals surface area contributed by atoms with E-state index in [1.54, 1.807) is 0 Å². The fraction of sp³-hybridized carbons (Fsp3) is 0.703. The van der Waals surface area contributed by atoms with Gasteiger partial charge in [0.2, 0.25) is 0 Å². The zero-order valence-electron chi connectivity index (χ0n) is 28.3. The summed E-state index contributed by atoms with van der Waals surface area (Å²) in [6, 6.07) is 6.50. The summed E-state index contributed by atoms with van der Waals surface area (Å²) in [6.07, 6.45) is 8.67. The molecule has 0 radical (unpaired) electrons. The molecule has 2 saturated heterocycles. The van der Waals surface area contributed by atoms with Crippen LogP contribution in [0.5, 0.6) is 0 Å². The number of nitrogens with zero attached hydrogens (tertiary/aromatic N) is 5. The number of anilines is 2. The molecule has 0 bridgehead atoms. The molecular weight excluding hydrogens is 547 g/mol. The molecule has 6 rings (SSSR count). The molecule has 1 aromatic carbocycles. The van der Waals surface area contributed by atoms with E-state index in [0.29, 0.717) is 29.1 Å². The molecule has 0 amide bonds. The van der Waals surface area contributed by atoms with Gasteiger partial charge in [0, 0.05) is 48.3 Å². The molecule has 44 heavy (non-hydrogen) atoms. The van der Waals surface area contributed by atoms with Crippen molar-refractivity contribution in [2.45, 2.75) is 130 Å². The molecular formula is C37H55FN6. The summed E-state index contributed by atoms with van der Waals surface area (Å²) in [4.78, 5) is 14.8. The summed E-state index contributed by atoms with van der Waals surface area (Å²) < 4.78 is 13.0. The number of hydrogen-bond donors (Lipinski definition) is 1. The fourth-order valence-electron chi connectivity index (χ4n) is 8.36. The van der Waals surface area contributed by atoms with E-state index in [-0.39, 0.29) is 11.5 Å². The first-order valence-electron chi connectivity index (χ1n) is 17.4. The zero-order valence-corrected chi connectivity index (χ0v) is 28.3. The molecule has 6 nitrogen and oxygen atoms in total. The predicted molar refractivity (Wildman–Crippen MR) is 179 cm³/mol. The number of fused-ring (bicyclic) bond motifs is 1. The van der Waals surface area contributed by atoms with E-state index in [1.807, 2.05) is 6.07 Å². The smallest absolute Gasteiger partial charge is 0.135 e. The van der Waals surface area contributed by atoms with Gasteiger partial charge in [0.15, 0.2) is 0 Å². The first-order valence-corrected chi connectivity index (χ1v) is 17.4. The Labute approximate surface area is 265 Å². The van der Waals surface area contributed by atoms with Crippen LogP contribution in [0.4, 0.5) is 15.9 Å². The average Bonchev–Trinajstić information content (AvgIpc) is 3.31. The summed E-state index contributed by atoms with van der Waals surface area (Å²) >= 11 is 0. The molecule has 3 heterocycles. The van der Waals surface area contributed by atoms with Crippen molar-refractivity contribution in [1.29, 1.82) is 5.26 Å². The molecule has 2 aromatic rings. The summed E-state index contributed by atoms with van der Waals surface area (Å²) in [6.45, 7) is 19.3. The molecule has 1 aromatic heterocycles.